The zero-order valence-corrected chi connectivity index (χ0v) is 10.3. The first-order valence-electron chi connectivity index (χ1n) is 5.52. The highest BCUT2D eigenvalue weighted by atomic mass is 32.2. The Morgan fingerprint density at radius 1 is 1.44 bits per heavy atom. The number of primary amides is 1. The van der Waals surface area contributed by atoms with E-state index in [1.807, 2.05) is 6.92 Å². The topological polar surface area (TPSA) is 84.2 Å². The first kappa shape index (κ1) is 13.2. The van der Waals surface area contributed by atoms with Gasteiger partial charge in [0.1, 0.15) is 0 Å². The molecule has 0 aromatic rings. The fourth-order valence-corrected chi connectivity index (χ4v) is 2.74. The minimum atomic E-state index is -0.231. The second-order valence-electron chi connectivity index (χ2n) is 4.01. The fraction of sp³-hybridized carbons (Fsp3) is 0.800. The maximum absolute atomic E-state index is 11.0. The quantitative estimate of drug-likeness (QED) is 0.569. The predicted octanol–water partition coefficient (Wildman–Crippen LogP) is 0.445. The number of carbonyl (C=O) groups is 2. The summed E-state index contributed by atoms with van der Waals surface area (Å²) in [7, 11) is 0. The van der Waals surface area contributed by atoms with Gasteiger partial charge in [-0.3, -0.25) is 4.79 Å². The van der Waals surface area contributed by atoms with Crippen molar-refractivity contribution >= 4 is 23.7 Å². The molecule has 0 radical (unpaired) electrons. The van der Waals surface area contributed by atoms with Gasteiger partial charge in [-0.05, 0) is 25.5 Å². The van der Waals surface area contributed by atoms with E-state index in [0.29, 0.717) is 6.42 Å². The summed E-state index contributed by atoms with van der Waals surface area (Å²) in [4.78, 5) is 21.5. The minimum absolute atomic E-state index is 0.0770. The van der Waals surface area contributed by atoms with Crippen LogP contribution < -0.4 is 16.4 Å². The number of urea groups is 1. The Morgan fingerprint density at radius 3 is 2.75 bits per heavy atom. The third kappa shape index (κ3) is 4.74. The van der Waals surface area contributed by atoms with E-state index >= 15 is 0 Å². The molecule has 2 atom stereocenters. The summed E-state index contributed by atoms with van der Waals surface area (Å²) in [5, 5.41) is 5.68. The Labute approximate surface area is 99.9 Å². The summed E-state index contributed by atoms with van der Waals surface area (Å²) in [6, 6.07) is 0.339. The monoisotopic (exact) mass is 245 g/mol. The van der Waals surface area contributed by atoms with E-state index in [4.69, 9.17) is 5.73 Å². The minimum Gasteiger partial charge on any atom is -0.370 e. The number of thioether (sulfide) groups is 1. The Kier molecular flexibility index (Phi) is 5.45. The van der Waals surface area contributed by atoms with Crippen molar-refractivity contribution in [1.82, 2.24) is 10.6 Å². The molecule has 1 heterocycles. The molecule has 1 aliphatic rings. The van der Waals surface area contributed by atoms with Crippen LogP contribution in [0.15, 0.2) is 0 Å². The van der Waals surface area contributed by atoms with Gasteiger partial charge in [0.2, 0.25) is 5.91 Å². The summed E-state index contributed by atoms with van der Waals surface area (Å²) in [5.41, 5.74) is 5.04. The molecule has 6 heteroatoms. The van der Waals surface area contributed by atoms with E-state index in [9.17, 15) is 9.59 Å². The van der Waals surface area contributed by atoms with Crippen LogP contribution in [0.2, 0.25) is 0 Å². The van der Waals surface area contributed by atoms with Gasteiger partial charge in [-0.15, -0.1) is 0 Å². The van der Waals surface area contributed by atoms with Crippen LogP contribution >= 0.6 is 11.8 Å². The second-order valence-corrected chi connectivity index (χ2v) is 5.16. The highest BCUT2D eigenvalue weighted by Crippen LogP contribution is 2.12. The van der Waals surface area contributed by atoms with E-state index in [2.05, 4.69) is 10.6 Å². The molecule has 1 rings (SSSR count). The van der Waals surface area contributed by atoms with Crippen molar-refractivity contribution in [3.63, 3.8) is 0 Å². The summed E-state index contributed by atoms with van der Waals surface area (Å²) in [6.07, 6.45) is 2.32. The number of amides is 3. The van der Waals surface area contributed by atoms with Gasteiger partial charge in [0.25, 0.3) is 0 Å². The lowest BCUT2D eigenvalue weighted by molar-refractivity contribution is -0.118. The van der Waals surface area contributed by atoms with Crippen molar-refractivity contribution in [3.05, 3.63) is 0 Å². The molecule has 1 fully saturated rings. The number of hydrogen-bond donors (Lipinski definition) is 3. The number of nitrogens with one attached hydrogen (secondary N) is 2. The van der Waals surface area contributed by atoms with Gasteiger partial charge in [0.05, 0.1) is 6.04 Å². The van der Waals surface area contributed by atoms with Crippen molar-refractivity contribution in [3.8, 4) is 0 Å². The normalized spacial score (nSPS) is 23.9. The van der Waals surface area contributed by atoms with Crippen LogP contribution in [0.5, 0.6) is 0 Å². The third-order valence-corrected chi connectivity index (χ3v) is 3.71. The van der Waals surface area contributed by atoms with Gasteiger partial charge < -0.3 is 16.4 Å². The summed E-state index contributed by atoms with van der Waals surface area (Å²) in [5.74, 6) is 1.69. The number of nitrogens with two attached hydrogens (primary N) is 1. The average molecular weight is 245 g/mol. The molecule has 0 saturated carbocycles. The van der Waals surface area contributed by atoms with E-state index < -0.39 is 0 Å². The molecule has 1 saturated heterocycles. The van der Waals surface area contributed by atoms with E-state index in [1.54, 1.807) is 11.8 Å². The molecule has 92 valence electrons. The SMILES string of the molecule is CC1NC(=O)NC1CSCCCCC(N)=O. The van der Waals surface area contributed by atoms with E-state index in [0.717, 1.165) is 24.3 Å². The fourth-order valence-electron chi connectivity index (χ4n) is 1.54. The first-order chi connectivity index (χ1) is 7.59. The summed E-state index contributed by atoms with van der Waals surface area (Å²) < 4.78 is 0. The highest BCUT2D eigenvalue weighted by molar-refractivity contribution is 7.99. The molecule has 5 nitrogen and oxygen atoms in total. The number of rotatable bonds is 7. The molecule has 0 spiro atoms. The largest absolute Gasteiger partial charge is 0.370 e. The zero-order chi connectivity index (χ0) is 12.0. The van der Waals surface area contributed by atoms with Crippen molar-refractivity contribution in [2.45, 2.75) is 38.3 Å². The molecule has 0 aliphatic carbocycles. The molecule has 16 heavy (non-hydrogen) atoms. The molecule has 0 bridgehead atoms. The van der Waals surface area contributed by atoms with Crippen molar-refractivity contribution in [2.24, 2.45) is 5.73 Å². The average Bonchev–Trinajstić information content (AvgIpc) is 2.50. The van der Waals surface area contributed by atoms with Gasteiger partial charge in [-0.2, -0.15) is 11.8 Å². The second kappa shape index (κ2) is 6.62. The first-order valence-corrected chi connectivity index (χ1v) is 6.68. The number of carbonyl (C=O) groups excluding carboxylic acids is 2. The van der Waals surface area contributed by atoms with Crippen molar-refractivity contribution in [1.29, 1.82) is 0 Å². The van der Waals surface area contributed by atoms with Crippen molar-refractivity contribution < 1.29 is 9.59 Å². The standard InChI is InChI=1S/C10H19N3O2S/c1-7-8(13-10(15)12-7)6-16-5-3-2-4-9(11)14/h7-8H,2-6H2,1H3,(H2,11,14)(H2,12,13,15). The van der Waals surface area contributed by atoms with Crippen LogP contribution in [0.25, 0.3) is 0 Å². The molecule has 3 amide bonds. The maximum Gasteiger partial charge on any atom is 0.315 e. The molecule has 2 unspecified atom stereocenters. The van der Waals surface area contributed by atoms with E-state index in [-0.39, 0.29) is 24.0 Å². The molecule has 0 aromatic carbocycles. The van der Waals surface area contributed by atoms with Crippen LogP contribution in [-0.2, 0) is 4.79 Å². The van der Waals surface area contributed by atoms with Crippen LogP contribution in [0.4, 0.5) is 4.79 Å². The third-order valence-electron chi connectivity index (χ3n) is 2.54. The van der Waals surface area contributed by atoms with Gasteiger partial charge >= 0.3 is 6.03 Å². The molecular weight excluding hydrogens is 226 g/mol. The van der Waals surface area contributed by atoms with E-state index in [1.165, 1.54) is 0 Å². The Balaban J connectivity index is 1.99. The smallest absolute Gasteiger partial charge is 0.315 e. The lowest BCUT2D eigenvalue weighted by Crippen LogP contribution is -2.33. The van der Waals surface area contributed by atoms with Crippen LogP contribution in [0, 0.1) is 0 Å². The maximum atomic E-state index is 11.0. The Morgan fingerprint density at radius 2 is 2.19 bits per heavy atom. The van der Waals surface area contributed by atoms with Crippen LogP contribution in [0.3, 0.4) is 0 Å². The Hall–Kier alpha value is -0.910. The van der Waals surface area contributed by atoms with Gasteiger partial charge in [0.15, 0.2) is 0 Å². The van der Waals surface area contributed by atoms with Crippen LogP contribution in [-0.4, -0.2) is 35.5 Å². The van der Waals surface area contributed by atoms with Crippen LogP contribution in [0.1, 0.15) is 26.2 Å². The Bertz CT molecular complexity index is 260. The number of hydrogen-bond acceptors (Lipinski definition) is 3. The van der Waals surface area contributed by atoms with Crippen molar-refractivity contribution in [2.75, 3.05) is 11.5 Å². The molecule has 1 aliphatic heterocycles. The van der Waals surface area contributed by atoms with Gasteiger partial charge in [0, 0.05) is 18.2 Å². The van der Waals surface area contributed by atoms with Gasteiger partial charge in [-0.25, -0.2) is 4.79 Å². The molecule has 4 N–H and O–H groups in total. The lowest BCUT2D eigenvalue weighted by Gasteiger charge is -2.13. The zero-order valence-electron chi connectivity index (χ0n) is 9.49. The predicted molar refractivity (Wildman–Crippen MR) is 65.3 cm³/mol. The number of unbranched alkanes of at least 4 members (excludes halogenated alkanes) is 1. The lowest BCUT2D eigenvalue weighted by atomic mass is 10.2. The molecule has 0 aromatic heterocycles. The summed E-state index contributed by atoms with van der Waals surface area (Å²) >= 11 is 1.80. The van der Waals surface area contributed by atoms with Gasteiger partial charge in [-0.1, -0.05) is 0 Å². The summed E-state index contributed by atoms with van der Waals surface area (Å²) in [6.45, 7) is 2.00. The molecular formula is C10H19N3O2S. The highest BCUT2D eigenvalue weighted by Gasteiger charge is 2.27.